The van der Waals surface area contributed by atoms with Crippen LogP contribution in [0.4, 0.5) is 0 Å². The zero-order valence-corrected chi connectivity index (χ0v) is 6.64. The van der Waals surface area contributed by atoms with Crippen LogP contribution in [0, 0.1) is 0 Å². The van der Waals surface area contributed by atoms with E-state index in [9.17, 15) is 0 Å². The van der Waals surface area contributed by atoms with Gasteiger partial charge in [0.2, 0.25) is 0 Å². The fourth-order valence-electron chi connectivity index (χ4n) is 1.67. The standard InChI is InChI=1S/C8H16N2/c1-9-7-5-3-4-6-8(7)10-2/h7-8,10H,1,3-6H2,2H3/t7?,8-/m0/s1. The highest BCUT2D eigenvalue weighted by Crippen LogP contribution is 2.20. The number of hydrogen-bond donors (Lipinski definition) is 1. The molecule has 0 radical (unpaired) electrons. The lowest BCUT2D eigenvalue weighted by Gasteiger charge is -2.27. The number of hydrogen-bond acceptors (Lipinski definition) is 2. The van der Waals surface area contributed by atoms with Crippen LogP contribution >= 0.6 is 0 Å². The Kier molecular flexibility index (Phi) is 2.87. The van der Waals surface area contributed by atoms with Gasteiger partial charge in [-0.25, -0.2) is 0 Å². The minimum Gasteiger partial charge on any atom is -0.315 e. The van der Waals surface area contributed by atoms with Gasteiger partial charge in [0.15, 0.2) is 0 Å². The van der Waals surface area contributed by atoms with E-state index < -0.39 is 0 Å². The van der Waals surface area contributed by atoms with Gasteiger partial charge in [-0.2, -0.15) is 0 Å². The van der Waals surface area contributed by atoms with E-state index in [1.807, 2.05) is 7.05 Å². The molecule has 0 aromatic heterocycles. The number of likely N-dealkylation sites (N-methyl/N-ethyl adjacent to an activating group) is 1. The maximum absolute atomic E-state index is 4.09. The summed E-state index contributed by atoms with van der Waals surface area (Å²) in [5.74, 6) is 0. The molecule has 0 bridgehead atoms. The molecule has 1 aliphatic carbocycles. The van der Waals surface area contributed by atoms with Crippen LogP contribution < -0.4 is 5.32 Å². The Balaban J connectivity index is 2.41. The Hall–Kier alpha value is -0.370. The minimum atomic E-state index is 0.471. The average molecular weight is 140 g/mol. The Morgan fingerprint density at radius 2 is 2.10 bits per heavy atom. The van der Waals surface area contributed by atoms with Gasteiger partial charge in [-0.3, -0.25) is 4.99 Å². The average Bonchev–Trinajstić information content (AvgIpc) is 2.04. The second-order valence-electron chi connectivity index (χ2n) is 2.93. The van der Waals surface area contributed by atoms with Crippen LogP contribution in [-0.2, 0) is 0 Å². The predicted octanol–water partition coefficient (Wildman–Crippen LogP) is 1.22. The third-order valence-corrected chi connectivity index (χ3v) is 2.33. The van der Waals surface area contributed by atoms with Crippen LogP contribution in [0.2, 0.25) is 0 Å². The molecular weight excluding hydrogens is 124 g/mol. The fourth-order valence-corrected chi connectivity index (χ4v) is 1.67. The van der Waals surface area contributed by atoms with Crippen molar-refractivity contribution in [1.29, 1.82) is 0 Å². The lowest BCUT2D eigenvalue weighted by Crippen LogP contribution is -2.38. The predicted molar refractivity (Wildman–Crippen MR) is 44.7 cm³/mol. The van der Waals surface area contributed by atoms with Gasteiger partial charge in [-0.05, 0) is 26.6 Å². The van der Waals surface area contributed by atoms with Gasteiger partial charge in [0.05, 0.1) is 6.04 Å². The number of aliphatic imine (C=N–C) groups is 1. The third kappa shape index (κ3) is 1.57. The highest BCUT2D eigenvalue weighted by Gasteiger charge is 2.21. The summed E-state index contributed by atoms with van der Waals surface area (Å²) in [7, 11) is 2.01. The van der Waals surface area contributed by atoms with E-state index in [1.54, 1.807) is 0 Å². The van der Waals surface area contributed by atoms with E-state index in [-0.39, 0.29) is 0 Å². The van der Waals surface area contributed by atoms with Crippen molar-refractivity contribution < 1.29 is 0 Å². The minimum absolute atomic E-state index is 0.471. The maximum Gasteiger partial charge on any atom is 0.0645 e. The lowest BCUT2D eigenvalue weighted by molar-refractivity contribution is 0.347. The summed E-state index contributed by atoms with van der Waals surface area (Å²) in [6.07, 6.45) is 5.15. The fraction of sp³-hybridized carbons (Fsp3) is 0.875. The van der Waals surface area contributed by atoms with Crippen LogP contribution in [0.15, 0.2) is 4.99 Å². The van der Waals surface area contributed by atoms with Crippen molar-refractivity contribution in [2.45, 2.75) is 37.8 Å². The van der Waals surface area contributed by atoms with E-state index in [1.165, 1.54) is 25.7 Å². The normalized spacial score (nSPS) is 33.7. The summed E-state index contributed by atoms with van der Waals surface area (Å²) in [6.45, 7) is 3.59. The Labute approximate surface area is 62.7 Å². The molecule has 2 nitrogen and oxygen atoms in total. The zero-order valence-electron chi connectivity index (χ0n) is 6.64. The van der Waals surface area contributed by atoms with E-state index in [2.05, 4.69) is 17.0 Å². The molecule has 0 saturated heterocycles. The first kappa shape index (κ1) is 7.73. The largest absolute Gasteiger partial charge is 0.315 e. The quantitative estimate of drug-likeness (QED) is 0.573. The van der Waals surface area contributed by atoms with Crippen LogP contribution in [0.5, 0.6) is 0 Å². The summed E-state index contributed by atoms with van der Waals surface area (Å²) in [5, 5.41) is 3.27. The smallest absolute Gasteiger partial charge is 0.0645 e. The molecule has 0 heterocycles. The van der Waals surface area contributed by atoms with Gasteiger partial charge in [-0.1, -0.05) is 12.8 Å². The Morgan fingerprint density at radius 1 is 1.40 bits per heavy atom. The lowest BCUT2D eigenvalue weighted by atomic mass is 9.91. The molecule has 1 rings (SSSR count). The van der Waals surface area contributed by atoms with Crippen molar-refractivity contribution in [2.75, 3.05) is 7.05 Å². The molecule has 2 heteroatoms. The Morgan fingerprint density at radius 3 is 2.60 bits per heavy atom. The van der Waals surface area contributed by atoms with Crippen molar-refractivity contribution in [1.82, 2.24) is 5.32 Å². The molecule has 10 heavy (non-hydrogen) atoms. The zero-order chi connectivity index (χ0) is 7.40. The van der Waals surface area contributed by atoms with Crippen LogP contribution in [-0.4, -0.2) is 25.8 Å². The molecule has 0 aromatic rings. The highest BCUT2D eigenvalue weighted by molar-refractivity contribution is 5.24. The van der Waals surface area contributed by atoms with Crippen LogP contribution in [0.1, 0.15) is 25.7 Å². The van der Waals surface area contributed by atoms with Crippen molar-refractivity contribution in [3.8, 4) is 0 Å². The summed E-state index contributed by atoms with van der Waals surface area (Å²) in [5.41, 5.74) is 0. The topological polar surface area (TPSA) is 24.4 Å². The van der Waals surface area contributed by atoms with Crippen molar-refractivity contribution in [3.63, 3.8) is 0 Å². The van der Waals surface area contributed by atoms with E-state index in [0.29, 0.717) is 12.1 Å². The second-order valence-corrected chi connectivity index (χ2v) is 2.93. The van der Waals surface area contributed by atoms with E-state index >= 15 is 0 Å². The van der Waals surface area contributed by atoms with Gasteiger partial charge in [0.25, 0.3) is 0 Å². The van der Waals surface area contributed by atoms with Gasteiger partial charge >= 0.3 is 0 Å². The van der Waals surface area contributed by atoms with E-state index in [0.717, 1.165) is 0 Å². The maximum atomic E-state index is 4.09. The monoisotopic (exact) mass is 140 g/mol. The van der Waals surface area contributed by atoms with Crippen LogP contribution in [0.3, 0.4) is 0 Å². The number of rotatable bonds is 2. The van der Waals surface area contributed by atoms with Gasteiger partial charge in [0.1, 0.15) is 0 Å². The first-order valence-electron chi connectivity index (χ1n) is 4.01. The molecule has 58 valence electrons. The molecule has 1 N–H and O–H groups in total. The highest BCUT2D eigenvalue weighted by atomic mass is 14.9. The van der Waals surface area contributed by atoms with Crippen molar-refractivity contribution >= 4 is 6.72 Å². The third-order valence-electron chi connectivity index (χ3n) is 2.33. The molecule has 0 amide bonds. The van der Waals surface area contributed by atoms with Gasteiger partial charge in [-0.15, -0.1) is 0 Å². The van der Waals surface area contributed by atoms with E-state index in [4.69, 9.17) is 0 Å². The second kappa shape index (κ2) is 3.71. The summed E-state index contributed by atoms with van der Waals surface area (Å²) in [4.78, 5) is 4.09. The van der Waals surface area contributed by atoms with Gasteiger partial charge < -0.3 is 5.32 Å². The first-order valence-corrected chi connectivity index (χ1v) is 4.01. The molecule has 0 aliphatic heterocycles. The Bertz CT molecular complexity index is 112. The SMILES string of the molecule is C=NC1CCCC[C@@H]1NC. The summed E-state index contributed by atoms with van der Waals surface area (Å²) in [6, 6.07) is 1.06. The van der Waals surface area contributed by atoms with Gasteiger partial charge in [0, 0.05) is 6.04 Å². The molecule has 1 saturated carbocycles. The molecule has 1 unspecified atom stereocenters. The molecule has 1 aliphatic rings. The molecule has 2 atom stereocenters. The summed E-state index contributed by atoms with van der Waals surface area (Å²) < 4.78 is 0. The molecule has 1 fully saturated rings. The molecular formula is C8H16N2. The summed E-state index contributed by atoms with van der Waals surface area (Å²) >= 11 is 0. The molecule has 0 spiro atoms. The van der Waals surface area contributed by atoms with Crippen molar-refractivity contribution in [2.24, 2.45) is 4.99 Å². The van der Waals surface area contributed by atoms with Crippen molar-refractivity contribution in [3.05, 3.63) is 0 Å². The molecule has 0 aromatic carbocycles. The number of nitrogens with one attached hydrogen (secondary N) is 1. The first-order chi connectivity index (χ1) is 4.88. The van der Waals surface area contributed by atoms with Crippen LogP contribution in [0.25, 0.3) is 0 Å². The number of nitrogens with zero attached hydrogens (tertiary/aromatic N) is 1.